The SMILES string of the molecule is Br.Clc1ncc2[nH]c(Cl)nc2n1. The maximum absolute atomic E-state index is 5.56. The predicted molar refractivity (Wildman–Crippen MR) is 52.0 cm³/mol. The van der Waals surface area contributed by atoms with Crippen LogP contribution in [0.2, 0.25) is 10.6 Å². The van der Waals surface area contributed by atoms with Crippen LogP contribution in [-0.4, -0.2) is 19.9 Å². The van der Waals surface area contributed by atoms with Crippen molar-refractivity contribution in [3.63, 3.8) is 0 Å². The molecule has 0 amide bonds. The fourth-order valence-corrected chi connectivity index (χ4v) is 1.07. The van der Waals surface area contributed by atoms with E-state index in [1.807, 2.05) is 0 Å². The van der Waals surface area contributed by atoms with Gasteiger partial charge in [0.2, 0.25) is 10.6 Å². The molecule has 0 aromatic carbocycles. The normalized spacial score (nSPS) is 9.83. The van der Waals surface area contributed by atoms with Gasteiger partial charge in [-0.15, -0.1) is 17.0 Å². The highest BCUT2D eigenvalue weighted by Gasteiger charge is 2.01. The van der Waals surface area contributed by atoms with Gasteiger partial charge in [0, 0.05) is 0 Å². The molecule has 0 fully saturated rings. The second-order valence-electron chi connectivity index (χ2n) is 1.90. The highest BCUT2D eigenvalue weighted by atomic mass is 79.9. The fraction of sp³-hybridized carbons (Fsp3) is 0. The summed E-state index contributed by atoms with van der Waals surface area (Å²) in [6, 6.07) is 0. The van der Waals surface area contributed by atoms with E-state index in [0.29, 0.717) is 11.2 Å². The lowest BCUT2D eigenvalue weighted by molar-refractivity contribution is 1.20. The van der Waals surface area contributed by atoms with Gasteiger partial charge in [-0.25, -0.2) is 4.98 Å². The Labute approximate surface area is 88.1 Å². The molecule has 0 saturated carbocycles. The lowest BCUT2D eigenvalue weighted by atomic mass is 10.6. The average Bonchev–Trinajstić information content (AvgIpc) is 2.27. The first-order chi connectivity index (χ1) is 5.25. The van der Waals surface area contributed by atoms with E-state index in [1.54, 1.807) is 0 Å². The minimum absolute atomic E-state index is 0. The van der Waals surface area contributed by atoms with Crippen LogP contribution in [-0.2, 0) is 0 Å². The Morgan fingerprint density at radius 1 is 1.25 bits per heavy atom. The van der Waals surface area contributed by atoms with Crippen molar-refractivity contribution in [2.24, 2.45) is 0 Å². The summed E-state index contributed by atoms with van der Waals surface area (Å²) in [5.74, 6) is 0. The zero-order chi connectivity index (χ0) is 7.84. The van der Waals surface area contributed by atoms with Gasteiger partial charge >= 0.3 is 0 Å². The van der Waals surface area contributed by atoms with Crippen LogP contribution in [0.4, 0.5) is 0 Å². The van der Waals surface area contributed by atoms with Crippen LogP contribution in [0.3, 0.4) is 0 Å². The number of H-pyrrole nitrogens is 1. The lowest BCUT2D eigenvalue weighted by Gasteiger charge is -1.85. The van der Waals surface area contributed by atoms with Gasteiger partial charge in [-0.2, -0.15) is 9.97 Å². The van der Waals surface area contributed by atoms with E-state index < -0.39 is 0 Å². The Kier molecular flexibility index (Phi) is 2.87. The zero-order valence-electron chi connectivity index (χ0n) is 5.58. The molecule has 2 rings (SSSR count). The second kappa shape index (κ2) is 3.55. The van der Waals surface area contributed by atoms with Crippen molar-refractivity contribution in [2.45, 2.75) is 0 Å². The molecule has 0 saturated heterocycles. The van der Waals surface area contributed by atoms with E-state index in [4.69, 9.17) is 23.2 Å². The smallest absolute Gasteiger partial charge is 0.224 e. The molecule has 2 aromatic rings. The number of imidazole rings is 1. The van der Waals surface area contributed by atoms with Crippen molar-refractivity contribution in [3.8, 4) is 0 Å². The Morgan fingerprint density at radius 3 is 2.75 bits per heavy atom. The van der Waals surface area contributed by atoms with Crippen LogP contribution in [0, 0.1) is 0 Å². The Bertz CT molecular complexity index is 401. The quantitative estimate of drug-likeness (QED) is 0.590. The maximum atomic E-state index is 5.56. The van der Waals surface area contributed by atoms with Crippen molar-refractivity contribution in [2.75, 3.05) is 0 Å². The number of fused-ring (bicyclic) bond motifs is 1. The highest BCUT2D eigenvalue weighted by Crippen LogP contribution is 2.12. The monoisotopic (exact) mass is 268 g/mol. The van der Waals surface area contributed by atoms with Gasteiger partial charge in [-0.1, -0.05) is 0 Å². The number of hydrogen-bond acceptors (Lipinski definition) is 3. The average molecular weight is 270 g/mol. The minimum Gasteiger partial charge on any atom is -0.326 e. The fourth-order valence-electron chi connectivity index (χ4n) is 0.757. The summed E-state index contributed by atoms with van der Waals surface area (Å²) >= 11 is 11.1. The summed E-state index contributed by atoms with van der Waals surface area (Å²) in [5, 5.41) is 0.456. The molecule has 1 N–H and O–H groups in total. The number of aromatic amines is 1. The number of nitrogens with zero attached hydrogens (tertiary/aromatic N) is 3. The third kappa shape index (κ3) is 1.68. The van der Waals surface area contributed by atoms with Gasteiger partial charge in [-0.05, 0) is 23.2 Å². The zero-order valence-corrected chi connectivity index (χ0v) is 8.81. The molecule has 2 heterocycles. The molecule has 4 nitrogen and oxygen atoms in total. The van der Waals surface area contributed by atoms with Gasteiger partial charge in [0.1, 0.15) is 5.52 Å². The van der Waals surface area contributed by atoms with Crippen molar-refractivity contribution in [1.82, 2.24) is 19.9 Å². The van der Waals surface area contributed by atoms with Crippen molar-refractivity contribution < 1.29 is 0 Å². The van der Waals surface area contributed by atoms with Gasteiger partial charge in [-0.3, -0.25) is 0 Å². The Hall–Kier alpha value is -0.390. The van der Waals surface area contributed by atoms with Crippen molar-refractivity contribution >= 4 is 51.3 Å². The molecule has 0 aliphatic rings. The van der Waals surface area contributed by atoms with Gasteiger partial charge in [0.25, 0.3) is 0 Å². The van der Waals surface area contributed by atoms with E-state index in [1.165, 1.54) is 6.20 Å². The first kappa shape index (κ1) is 9.70. The topological polar surface area (TPSA) is 54.5 Å². The number of nitrogens with one attached hydrogen (secondary N) is 1. The molecule has 0 bridgehead atoms. The third-order valence-corrected chi connectivity index (χ3v) is 1.54. The van der Waals surface area contributed by atoms with Crippen molar-refractivity contribution in [1.29, 1.82) is 0 Å². The minimum atomic E-state index is 0. The summed E-state index contributed by atoms with van der Waals surface area (Å²) < 4.78 is 0. The summed E-state index contributed by atoms with van der Waals surface area (Å²) in [6.07, 6.45) is 1.53. The summed E-state index contributed by atoms with van der Waals surface area (Å²) in [5.41, 5.74) is 1.16. The number of rotatable bonds is 0. The molecular formula is C5H3BrCl2N4. The van der Waals surface area contributed by atoms with Crippen LogP contribution in [0.5, 0.6) is 0 Å². The Morgan fingerprint density at radius 2 is 2.00 bits per heavy atom. The lowest BCUT2D eigenvalue weighted by Crippen LogP contribution is -1.81. The van der Waals surface area contributed by atoms with Gasteiger partial charge in [0.05, 0.1) is 6.20 Å². The van der Waals surface area contributed by atoms with E-state index in [2.05, 4.69) is 19.9 Å². The molecule has 0 unspecified atom stereocenters. The molecular weight excluding hydrogens is 267 g/mol. The first-order valence-electron chi connectivity index (χ1n) is 2.79. The third-order valence-electron chi connectivity index (χ3n) is 1.18. The van der Waals surface area contributed by atoms with Crippen LogP contribution >= 0.6 is 40.2 Å². The van der Waals surface area contributed by atoms with Gasteiger partial charge in [0.15, 0.2) is 5.65 Å². The summed E-state index contributed by atoms with van der Waals surface area (Å²) in [4.78, 5) is 14.2. The molecule has 7 heteroatoms. The van der Waals surface area contributed by atoms with Crippen LogP contribution < -0.4 is 0 Å². The molecule has 0 spiro atoms. The van der Waals surface area contributed by atoms with Crippen LogP contribution in [0.25, 0.3) is 11.2 Å². The highest BCUT2D eigenvalue weighted by molar-refractivity contribution is 8.93. The standard InChI is InChI=1S/C5H2Cl2N4.BrH/c6-4-8-1-2-3(10-4)11-5(7)9-2;/h1H,(H,8,9,10,11);1H. The molecule has 0 aliphatic heterocycles. The molecule has 12 heavy (non-hydrogen) atoms. The van der Waals surface area contributed by atoms with E-state index in [0.717, 1.165) is 0 Å². The molecule has 0 aliphatic carbocycles. The van der Waals surface area contributed by atoms with Crippen molar-refractivity contribution in [3.05, 3.63) is 16.8 Å². The molecule has 64 valence electrons. The van der Waals surface area contributed by atoms with E-state index in [-0.39, 0.29) is 27.5 Å². The Balaban J connectivity index is 0.000000720. The second-order valence-corrected chi connectivity index (χ2v) is 2.60. The maximum Gasteiger partial charge on any atom is 0.224 e. The number of hydrogen-bond donors (Lipinski definition) is 1. The first-order valence-corrected chi connectivity index (χ1v) is 3.55. The molecule has 0 radical (unpaired) electrons. The van der Waals surface area contributed by atoms with E-state index >= 15 is 0 Å². The molecule has 2 aromatic heterocycles. The van der Waals surface area contributed by atoms with E-state index in [9.17, 15) is 0 Å². The predicted octanol–water partition coefficient (Wildman–Crippen LogP) is 2.24. The number of aromatic nitrogens is 4. The number of halogens is 3. The largest absolute Gasteiger partial charge is 0.326 e. The van der Waals surface area contributed by atoms with Crippen LogP contribution in [0.15, 0.2) is 6.20 Å². The summed E-state index contributed by atoms with van der Waals surface area (Å²) in [6.45, 7) is 0. The van der Waals surface area contributed by atoms with Gasteiger partial charge < -0.3 is 4.98 Å². The molecule has 0 atom stereocenters. The van der Waals surface area contributed by atoms with Crippen LogP contribution in [0.1, 0.15) is 0 Å². The summed E-state index contributed by atoms with van der Waals surface area (Å²) in [7, 11) is 0.